The van der Waals surface area contributed by atoms with Crippen LogP contribution >= 0.6 is 0 Å². The Bertz CT molecular complexity index is 1710. The minimum absolute atomic E-state index is 0.0571. The van der Waals surface area contributed by atoms with Crippen LogP contribution in [0.5, 0.6) is 0 Å². The second kappa shape index (κ2) is 7.60. The van der Waals surface area contributed by atoms with Crippen LogP contribution in [0.2, 0.25) is 0 Å². The van der Waals surface area contributed by atoms with E-state index in [0.717, 1.165) is 24.6 Å². The molecule has 35 heavy (non-hydrogen) atoms. The first-order valence-electron chi connectivity index (χ1n) is 10.9. The van der Waals surface area contributed by atoms with Crippen molar-refractivity contribution in [2.75, 3.05) is 0 Å². The number of alkyl halides is 3. The van der Waals surface area contributed by atoms with E-state index in [4.69, 9.17) is 0 Å². The van der Waals surface area contributed by atoms with Crippen molar-refractivity contribution in [3.8, 4) is 11.3 Å². The van der Waals surface area contributed by atoms with Crippen LogP contribution in [-0.4, -0.2) is 38.8 Å². The smallest absolute Gasteiger partial charge is 0.273 e. The first-order chi connectivity index (χ1) is 16.8. The largest absolute Gasteiger partial charge is 0.433 e. The number of H-pyrrole nitrogens is 2. The molecule has 0 bridgehead atoms. The van der Waals surface area contributed by atoms with Gasteiger partial charge in [0.1, 0.15) is 5.69 Å². The number of fused-ring (bicyclic) bond motifs is 5. The quantitative estimate of drug-likeness (QED) is 0.375. The van der Waals surface area contributed by atoms with Gasteiger partial charge in [-0.3, -0.25) is 15.2 Å². The van der Waals surface area contributed by atoms with Gasteiger partial charge in [0.05, 0.1) is 33.4 Å². The Morgan fingerprint density at radius 2 is 1.60 bits per heavy atom. The first kappa shape index (κ1) is 21.7. The molecular formula is C23H17F3N6O2S. The summed E-state index contributed by atoms with van der Waals surface area (Å²) in [6.45, 7) is 0. The van der Waals surface area contributed by atoms with Crippen LogP contribution < -0.4 is 0 Å². The Kier molecular flexibility index (Phi) is 4.72. The Labute approximate surface area is 196 Å². The van der Waals surface area contributed by atoms with Gasteiger partial charge in [-0.25, -0.2) is 13.4 Å². The number of hydrogen-bond acceptors (Lipinski definition) is 6. The van der Waals surface area contributed by atoms with E-state index in [2.05, 4.69) is 30.4 Å². The van der Waals surface area contributed by atoms with E-state index in [0.29, 0.717) is 40.2 Å². The predicted octanol–water partition coefficient (Wildman–Crippen LogP) is 4.63. The molecule has 6 rings (SSSR count). The average Bonchev–Trinajstić information content (AvgIpc) is 3.52. The fraction of sp³-hybridized carbons (Fsp3) is 0.217. The van der Waals surface area contributed by atoms with Gasteiger partial charge >= 0.3 is 6.18 Å². The van der Waals surface area contributed by atoms with Crippen LogP contribution in [0, 0.1) is 0 Å². The van der Waals surface area contributed by atoms with Gasteiger partial charge in [-0.1, -0.05) is 0 Å². The van der Waals surface area contributed by atoms with Gasteiger partial charge < -0.3 is 0 Å². The number of aromatic amines is 2. The van der Waals surface area contributed by atoms with Crippen molar-refractivity contribution in [3.63, 3.8) is 0 Å². The molecule has 2 N–H and O–H groups in total. The highest BCUT2D eigenvalue weighted by Gasteiger charge is 2.37. The maximum absolute atomic E-state index is 13.6. The summed E-state index contributed by atoms with van der Waals surface area (Å²) in [5, 5.41) is 13.5. The van der Waals surface area contributed by atoms with E-state index in [1.807, 2.05) is 0 Å². The van der Waals surface area contributed by atoms with Gasteiger partial charge in [-0.05, 0) is 61.1 Å². The number of halogens is 3. The summed E-state index contributed by atoms with van der Waals surface area (Å²) < 4.78 is 67.9. The highest BCUT2D eigenvalue weighted by atomic mass is 32.2. The maximum Gasteiger partial charge on any atom is 0.433 e. The number of aryl methyl sites for hydroxylation is 1. The molecule has 0 saturated carbocycles. The first-order valence-corrected chi connectivity index (χ1v) is 12.3. The number of nitrogens with zero attached hydrogens (tertiary/aromatic N) is 4. The van der Waals surface area contributed by atoms with E-state index >= 15 is 0 Å². The number of benzene rings is 1. The van der Waals surface area contributed by atoms with Crippen molar-refractivity contribution < 1.29 is 21.6 Å². The lowest BCUT2D eigenvalue weighted by Gasteiger charge is -2.22. The molecule has 0 unspecified atom stereocenters. The third-order valence-electron chi connectivity index (χ3n) is 6.36. The van der Waals surface area contributed by atoms with Gasteiger partial charge in [0.15, 0.2) is 5.03 Å². The number of nitrogens with one attached hydrogen (secondary N) is 2. The van der Waals surface area contributed by atoms with Gasteiger partial charge in [-0.2, -0.15) is 23.4 Å². The van der Waals surface area contributed by atoms with Gasteiger partial charge in [0.25, 0.3) is 0 Å². The standard InChI is InChI=1S/C23H17F3N6O2S/c24-23(25,26)21-15(11-28-31-21)20-14-4-2-1-3-13(14)18-16(29-20)5-6-17-19(18)22(32-30-17)35(33,34)12-7-9-27-10-8-12/h5-11H,1-4H2,(H,28,31)(H,30,32). The highest BCUT2D eigenvalue weighted by molar-refractivity contribution is 7.91. The number of hydrogen-bond donors (Lipinski definition) is 2. The molecule has 0 amide bonds. The maximum atomic E-state index is 13.6. The average molecular weight is 498 g/mol. The normalized spacial score (nSPS) is 14.5. The van der Waals surface area contributed by atoms with Crippen LogP contribution in [0.15, 0.2) is 52.8 Å². The molecule has 0 radical (unpaired) electrons. The van der Waals surface area contributed by atoms with E-state index < -0.39 is 21.7 Å². The number of aromatic nitrogens is 6. The van der Waals surface area contributed by atoms with Crippen LogP contribution in [0.25, 0.3) is 33.1 Å². The molecule has 178 valence electrons. The topological polar surface area (TPSA) is 117 Å². The number of pyridine rings is 2. The van der Waals surface area contributed by atoms with Crippen LogP contribution in [0.3, 0.4) is 0 Å². The molecule has 4 aromatic heterocycles. The summed E-state index contributed by atoms with van der Waals surface area (Å²) >= 11 is 0. The van der Waals surface area contributed by atoms with Crippen molar-refractivity contribution in [2.45, 2.75) is 41.8 Å². The summed E-state index contributed by atoms with van der Waals surface area (Å²) in [5.41, 5.74) is 1.45. The molecule has 0 aliphatic heterocycles. The summed E-state index contributed by atoms with van der Waals surface area (Å²) in [7, 11) is -3.97. The van der Waals surface area contributed by atoms with Crippen molar-refractivity contribution in [1.29, 1.82) is 0 Å². The van der Waals surface area contributed by atoms with Crippen molar-refractivity contribution in [1.82, 2.24) is 30.4 Å². The van der Waals surface area contributed by atoms with Gasteiger partial charge in [0, 0.05) is 23.2 Å². The van der Waals surface area contributed by atoms with Crippen molar-refractivity contribution in [2.24, 2.45) is 0 Å². The molecule has 5 aromatic rings. The molecule has 0 atom stereocenters. The summed E-state index contributed by atoms with van der Waals surface area (Å²) in [5.74, 6) is 0. The zero-order valence-electron chi connectivity index (χ0n) is 18.0. The monoisotopic (exact) mass is 498 g/mol. The van der Waals surface area contributed by atoms with Crippen LogP contribution in [-0.2, 0) is 28.9 Å². The third kappa shape index (κ3) is 3.31. The number of sulfone groups is 1. The lowest BCUT2D eigenvalue weighted by Crippen LogP contribution is -2.12. The van der Waals surface area contributed by atoms with Gasteiger partial charge in [-0.15, -0.1) is 0 Å². The second-order valence-electron chi connectivity index (χ2n) is 8.37. The van der Waals surface area contributed by atoms with Crippen molar-refractivity contribution in [3.05, 3.63) is 59.7 Å². The molecule has 1 aliphatic carbocycles. The zero-order valence-corrected chi connectivity index (χ0v) is 18.8. The van der Waals surface area contributed by atoms with Crippen LogP contribution in [0.4, 0.5) is 13.2 Å². The molecule has 4 heterocycles. The Balaban J connectivity index is 1.69. The zero-order chi connectivity index (χ0) is 24.4. The van der Waals surface area contributed by atoms with E-state index in [1.165, 1.54) is 24.5 Å². The second-order valence-corrected chi connectivity index (χ2v) is 10.3. The van der Waals surface area contributed by atoms with Crippen LogP contribution in [0.1, 0.15) is 29.7 Å². The lowest BCUT2D eigenvalue weighted by molar-refractivity contribution is -0.140. The third-order valence-corrected chi connectivity index (χ3v) is 8.09. The highest BCUT2D eigenvalue weighted by Crippen LogP contribution is 2.42. The predicted molar refractivity (Wildman–Crippen MR) is 120 cm³/mol. The van der Waals surface area contributed by atoms with Gasteiger partial charge in [0.2, 0.25) is 9.84 Å². The molecule has 12 heteroatoms. The van der Waals surface area contributed by atoms with E-state index in [1.54, 1.807) is 12.1 Å². The van der Waals surface area contributed by atoms with E-state index in [9.17, 15) is 21.6 Å². The molecule has 1 aliphatic rings. The molecule has 8 nitrogen and oxygen atoms in total. The Morgan fingerprint density at radius 1 is 0.886 bits per heavy atom. The summed E-state index contributed by atoms with van der Waals surface area (Å²) in [6.07, 6.45) is 2.02. The SMILES string of the molecule is O=S(=O)(c1ccncc1)c1[nH]nc2ccc3nc(-c4cn[nH]c4C(F)(F)F)c4c(c3c12)CCCC4. The minimum atomic E-state index is -4.62. The van der Waals surface area contributed by atoms with Crippen molar-refractivity contribution >= 4 is 31.6 Å². The molecule has 0 spiro atoms. The number of rotatable bonds is 3. The van der Waals surface area contributed by atoms with E-state index in [-0.39, 0.29) is 21.2 Å². The summed E-state index contributed by atoms with van der Waals surface area (Å²) in [6, 6.07) is 6.08. The molecular weight excluding hydrogens is 481 g/mol. The molecule has 1 aromatic carbocycles. The Morgan fingerprint density at radius 3 is 2.34 bits per heavy atom. The fourth-order valence-corrected chi connectivity index (χ4v) is 6.19. The summed E-state index contributed by atoms with van der Waals surface area (Å²) in [4.78, 5) is 8.56. The molecule has 0 fully saturated rings. The lowest BCUT2D eigenvalue weighted by atomic mass is 9.85. The molecule has 0 saturated heterocycles. The fourth-order valence-electron chi connectivity index (χ4n) is 4.83. The Hall–Kier alpha value is -3.80. The minimum Gasteiger partial charge on any atom is -0.273 e.